The molecule has 2 aliphatic carbocycles. The van der Waals surface area contributed by atoms with Crippen LogP contribution in [-0.2, 0) is 16.0 Å². The Labute approximate surface area is 382 Å². The molecule has 1 saturated heterocycles. The molecular weight excluding hydrogens is 808 g/mol. The Morgan fingerprint density at radius 2 is 1.76 bits per heavy atom. The SMILES string of the molecule is CC.CCC(C)CCC1(CC)CCN(CCOC)C(=O)N1.CCC(C)c1c(NC(=O)C2=CC=NNC2=C2CCC2)cccc1-c1cccc(-c2cc3c(c(OC)n2)C(C)CC3)c1Cl. The Morgan fingerprint density at radius 1 is 1.03 bits per heavy atom. The summed E-state index contributed by atoms with van der Waals surface area (Å²) < 4.78 is 10.8. The fraction of sp³-hybridized carbons (Fsp3) is 0.538. The third-order valence-corrected chi connectivity index (χ3v) is 14.0. The van der Waals surface area contributed by atoms with Crippen molar-refractivity contribution in [3.8, 4) is 28.3 Å². The van der Waals surface area contributed by atoms with Crippen molar-refractivity contribution in [2.75, 3.05) is 39.2 Å². The molecule has 0 bridgehead atoms. The molecule has 342 valence electrons. The van der Waals surface area contributed by atoms with Crippen molar-refractivity contribution in [1.29, 1.82) is 0 Å². The third-order valence-electron chi connectivity index (χ3n) is 13.6. The number of hydrazone groups is 1. The van der Waals surface area contributed by atoms with Gasteiger partial charge in [-0.1, -0.05) is 104 Å². The van der Waals surface area contributed by atoms with E-state index in [1.165, 1.54) is 29.5 Å². The fourth-order valence-electron chi connectivity index (χ4n) is 8.91. The van der Waals surface area contributed by atoms with Gasteiger partial charge in [-0.2, -0.15) is 5.10 Å². The Morgan fingerprint density at radius 3 is 2.41 bits per heavy atom. The number of methoxy groups -OCH3 is 2. The number of urea groups is 1. The van der Waals surface area contributed by atoms with Gasteiger partial charge in [0, 0.05) is 54.3 Å². The van der Waals surface area contributed by atoms with E-state index >= 15 is 0 Å². The number of anilines is 1. The lowest BCUT2D eigenvalue weighted by Gasteiger charge is -2.42. The summed E-state index contributed by atoms with van der Waals surface area (Å²) in [6.07, 6.45) is 15.2. The molecule has 63 heavy (non-hydrogen) atoms. The molecule has 1 saturated carbocycles. The monoisotopic (exact) mass is 881 g/mol. The second-order valence-electron chi connectivity index (χ2n) is 17.4. The molecule has 4 unspecified atom stereocenters. The lowest BCUT2D eigenvalue weighted by atomic mass is 9.82. The molecule has 11 heteroatoms. The summed E-state index contributed by atoms with van der Waals surface area (Å²) in [5.74, 6) is 1.90. The number of rotatable bonds is 15. The fourth-order valence-corrected chi connectivity index (χ4v) is 9.23. The number of aromatic nitrogens is 1. The van der Waals surface area contributed by atoms with Gasteiger partial charge in [0.15, 0.2) is 0 Å². The maximum atomic E-state index is 13.7. The number of pyridine rings is 1. The highest BCUT2D eigenvalue weighted by atomic mass is 35.5. The van der Waals surface area contributed by atoms with Crippen molar-refractivity contribution in [3.05, 3.63) is 87.1 Å². The van der Waals surface area contributed by atoms with E-state index in [1.54, 1.807) is 26.5 Å². The molecule has 3 amide bonds. The largest absolute Gasteiger partial charge is 0.481 e. The van der Waals surface area contributed by atoms with Gasteiger partial charge >= 0.3 is 6.03 Å². The number of fused-ring (bicyclic) bond motifs is 1. The molecule has 2 aromatic carbocycles. The number of amides is 3. The minimum atomic E-state index is -0.145. The standard InChI is InChI=1S/C35H37ClN4O2.C15H30N2O2.C2H6/c1-5-20(2)31-24(11-8-14-28(31)38-34(41)27-17-18-37-40-33(27)22-9-6-10-22)25-12-7-13-26(32(25)36)29-19-23-16-15-21(3)30(23)35(39-29)42-4;1-5-13(3)7-8-15(6-2)9-10-17(11-12-19-4)14(18)16-15;1-2/h7-8,11-14,17-21,40H,5-6,9-10,15-16H2,1-4H3,(H,38,41);13H,5-12H2,1-4H3,(H,16,18);1-2H3. The molecule has 3 aromatic rings. The molecule has 7 rings (SSSR count). The molecule has 0 radical (unpaired) electrons. The van der Waals surface area contributed by atoms with Gasteiger partial charge in [0.2, 0.25) is 5.88 Å². The van der Waals surface area contributed by atoms with E-state index in [0.717, 1.165) is 110 Å². The lowest BCUT2D eigenvalue weighted by Crippen LogP contribution is -2.60. The number of carbonyl (C=O) groups excluding carboxylic acids is 2. The number of benzene rings is 2. The van der Waals surface area contributed by atoms with Crippen molar-refractivity contribution >= 4 is 35.4 Å². The predicted molar refractivity (Wildman–Crippen MR) is 261 cm³/mol. The average molecular weight is 882 g/mol. The normalized spacial score (nSPS) is 19.8. The maximum Gasteiger partial charge on any atom is 0.317 e. The first-order valence-corrected chi connectivity index (χ1v) is 23.9. The topological polar surface area (TPSA) is 117 Å². The van der Waals surface area contributed by atoms with E-state index in [-0.39, 0.29) is 23.4 Å². The van der Waals surface area contributed by atoms with E-state index < -0.39 is 0 Å². The average Bonchev–Trinajstić information content (AvgIpc) is 3.67. The number of nitrogens with one attached hydrogen (secondary N) is 3. The summed E-state index contributed by atoms with van der Waals surface area (Å²) >= 11 is 7.22. The van der Waals surface area contributed by atoms with Crippen LogP contribution >= 0.6 is 11.6 Å². The second-order valence-corrected chi connectivity index (χ2v) is 17.8. The molecule has 0 spiro atoms. The van der Waals surface area contributed by atoms with E-state index in [1.807, 2.05) is 43.0 Å². The number of ether oxygens (including phenoxy) is 2. The highest BCUT2D eigenvalue weighted by Crippen LogP contribution is 2.45. The van der Waals surface area contributed by atoms with Crippen LogP contribution < -0.4 is 20.8 Å². The van der Waals surface area contributed by atoms with Crippen LogP contribution in [0.2, 0.25) is 5.02 Å². The van der Waals surface area contributed by atoms with Crippen molar-refractivity contribution in [2.45, 2.75) is 143 Å². The summed E-state index contributed by atoms with van der Waals surface area (Å²) in [4.78, 5) is 32.6. The molecule has 3 heterocycles. The first-order valence-electron chi connectivity index (χ1n) is 23.6. The van der Waals surface area contributed by atoms with Crippen LogP contribution in [0.5, 0.6) is 5.88 Å². The van der Waals surface area contributed by atoms with Crippen LogP contribution in [0.15, 0.2) is 70.5 Å². The van der Waals surface area contributed by atoms with Crippen LogP contribution in [0.3, 0.4) is 0 Å². The molecule has 10 nitrogen and oxygen atoms in total. The van der Waals surface area contributed by atoms with E-state index in [2.05, 4.69) is 80.9 Å². The number of allylic oxidation sites excluding steroid dienone is 2. The molecule has 4 aliphatic rings. The number of hydrogen-bond donors (Lipinski definition) is 3. The molecule has 2 fully saturated rings. The van der Waals surface area contributed by atoms with Crippen molar-refractivity contribution in [3.63, 3.8) is 0 Å². The number of carbonyl (C=O) groups is 2. The summed E-state index contributed by atoms with van der Waals surface area (Å²) in [7, 11) is 3.36. The van der Waals surface area contributed by atoms with Gasteiger partial charge in [-0.15, -0.1) is 0 Å². The number of hydrogen-bond acceptors (Lipinski definition) is 7. The number of halogens is 1. The van der Waals surface area contributed by atoms with Gasteiger partial charge in [-0.05, 0) is 122 Å². The number of aryl methyl sites for hydroxylation is 1. The zero-order valence-electron chi connectivity index (χ0n) is 39.7. The van der Waals surface area contributed by atoms with Gasteiger partial charge < -0.3 is 25.0 Å². The minimum absolute atomic E-state index is 0.0179. The highest BCUT2D eigenvalue weighted by Gasteiger charge is 2.36. The quantitative estimate of drug-likeness (QED) is 0.140. The van der Waals surface area contributed by atoms with Gasteiger partial charge in [0.1, 0.15) is 0 Å². The Hall–Kier alpha value is -4.67. The van der Waals surface area contributed by atoms with E-state index in [4.69, 9.17) is 26.1 Å². The molecule has 4 atom stereocenters. The maximum absolute atomic E-state index is 13.7. The summed E-state index contributed by atoms with van der Waals surface area (Å²) in [5.41, 5.74) is 13.7. The van der Waals surface area contributed by atoms with Gasteiger partial charge in [0.25, 0.3) is 5.91 Å². The van der Waals surface area contributed by atoms with Crippen LogP contribution in [0.25, 0.3) is 22.4 Å². The minimum Gasteiger partial charge on any atom is -0.481 e. The van der Waals surface area contributed by atoms with Crippen LogP contribution in [0, 0.1) is 5.92 Å². The summed E-state index contributed by atoms with van der Waals surface area (Å²) in [5, 5.41) is 11.3. The third kappa shape index (κ3) is 11.5. The predicted octanol–water partition coefficient (Wildman–Crippen LogP) is 12.6. The molecule has 1 aromatic heterocycles. The van der Waals surface area contributed by atoms with Gasteiger partial charge in [0.05, 0.1) is 35.7 Å². The Balaban J connectivity index is 0.000000300. The summed E-state index contributed by atoms with van der Waals surface area (Å²) in [6, 6.07) is 14.4. The van der Waals surface area contributed by atoms with Gasteiger partial charge in [-0.3, -0.25) is 10.2 Å². The van der Waals surface area contributed by atoms with E-state index in [9.17, 15) is 9.59 Å². The van der Waals surface area contributed by atoms with Crippen molar-refractivity contribution in [2.24, 2.45) is 11.0 Å². The van der Waals surface area contributed by atoms with E-state index in [0.29, 0.717) is 35.5 Å². The molecule has 2 aliphatic heterocycles. The smallest absolute Gasteiger partial charge is 0.317 e. The van der Waals surface area contributed by atoms with Crippen molar-refractivity contribution in [1.82, 2.24) is 20.6 Å². The highest BCUT2D eigenvalue weighted by molar-refractivity contribution is 6.36. The zero-order valence-corrected chi connectivity index (χ0v) is 40.4. The Bertz CT molecular complexity index is 2140. The van der Waals surface area contributed by atoms with Crippen LogP contribution in [-0.4, -0.2) is 67.5 Å². The van der Waals surface area contributed by atoms with Crippen LogP contribution in [0.4, 0.5) is 10.5 Å². The first kappa shape index (κ1) is 49.3. The van der Waals surface area contributed by atoms with Gasteiger partial charge in [-0.25, -0.2) is 9.78 Å². The molecule has 3 N–H and O–H groups in total. The first-order chi connectivity index (χ1) is 30.5. The number of nitrogens with zero attached hydrogens (tertiary/aromatic N) is 3. The van der Waals surface area contributed by atoms with Crippen molar-refractivity contribution < 1.29 is 19.1 Å². The summed E-state index contributed by atoms with van der Waals surface area (Å²) in [6.45, 7) is 19.4. The van der Waals surface area contributed by atoms with Crippen LogP contribution in [0.1, 0.15) is 148 Å². The Kier molecular flexibility index (Phi) is 18.3. The lowest BCUT2D eigenvalue weighted by molar-refractivity contribution is -0.112. The second kappa shape index (κ2) is 23.3. The molecular formula is C52H73ClN6O4. The zero-order chi connectivity index (χ0) is 45.7.